The van der Waals surface area contributed by atoms with E-state index in [-0.39, 0.29) is 0 Å². The van der Waals surface area contributed by atoms with Gasteiger partial charge in [0, 0.05) is 0 Å². The van der Waals surface area contributed by atoms with Gasteiger partial charge in [0.1, 0.15) is 0 Å². The third kappa shape index (κ3) is 9.14. The molecular weight excluding hydrogens is 741 g/mol. The Labute approximate surface area is 344 Å². The van der Waals surface area contributed by atoms with Gasteiger partial charge in [-0.1, -0.05) is 271 Å². The van der Waals surface area contributed by atoms with Gasteiger partial charge in [0.15, 0.2) is 0 Å². The largest absolute Gasteiger partial charge is 0.422 e. The van der Waals surface area contributed by atoms with Gasteiger partial charge in [-0.2, -0.15) is 0 Å². The fourth-order valence-corrected chi connectivity index (χ4v) is 25.2. The fourth-order valence-electron chi connectivity index (χ4n) is 8.45. The van der Waals surface area contributed by atoms with E-state index in [0.29, 0.717) is 0 Å². The summed E-state index contributed by atoms with van der Waals surface area (Å²) in [4.78, 5) is 0. The number of rotatable bonds is 20. The van der Waals surface area contributed by atoms with E-state index in [1.807, 2.05) is 0 Å². The van der Waals surface area contributed by atoms with Crippen molar-refractivity contribution in [1.82, 2.24) is 0 Å². The predicted octanol–water partition coefficient (Wildman–Crippen LogP) is 8.84. The van der Waals surface area contributed by atoms with Gasteiger partial charge < -0.3 is 8.23 Å². The topological polar surface area (TPSA) is 18.5 Å². The molecule has 0 saturated heterocycles. The molecule has 0 aliphatic heterocycles. The molecule has 0 radical (unpaired) electrons. The summed E-state index contributed by atoms with van der Waals surface area (Å²) >= 11 is 0. The molecule has 7 aromatic carbocycles. The first kappa shape index (κ1) is 40.3. The van der Waals surface area contributed by atoms with Crippen LogP contribution in [0.2, 0.25) is 6.04 Å². The average Bonchev–Trinajstić information content (AvgIpc) is 3.30. The van der Waals surface area contributed by atoms with Crippen molar-refractivity contribution in [3.63, 3.8) is 0 Å². The standard InChI is InChI=1S/C52H56O2Si3/c1-2-3-4-5-6-7-8-30-45-55(46-31-16-9-17-32-46,53-56(47-33-18-10-19-34-47,48-35-20-11-21-36-48)49-37-22-12-23-38-49)54-57(50-39-24-13-25-40-50,51-41-26-14-27-42-51)52-43-28-15-29-44-52/h9-29,31-44H,2-8,30,45H2,1H3. The van der Waals surface area contributed by atoms with Crippen molar-refractivity contribution >= 4 is 61.5 Å². The Morgan fingerprint density at radius 2 is 0.509 bits per heavy atom. The Morgan fingerprint density at radius 1 is 0.281 bits per heavy atom. The van der Waals surface area contributed by atoms with Gasteiger partial charge in [-0.15, -0.1) is 0 Å². The molecule has 2 nitrogen and oxygen atoms in total. The zero-order chi connectivity index (χ0) is 39.1. The van der Waals surface area contributed by atoms with Crippen LogP contribution in [0.4, 0.5) is 0 Å². The number of benzene rings is 7. The van der Waals surface area contributed by atoms with Crippen molar-refractivity contribution in [1.29, 1.82) is 0 Å². The molecule has 0 atom stereocenters. The molecule has 0 heterocycles. The van der Waals surface area contributed by atoms with Crippen LogP contribution in [0, 0.1) is 0 Å². The lowest BCUT2D eigenvalue weighted by atomic mass is 10.1. The van der Waals surface area contributed by atoms with Gasteiger partial charge in [0.25, 0.3) is 16.6 Å². The van der Waals surface area contributed by atoms with Gasteiger partial charge in [0.2, 0.25) is 0 Å². The number of hydrogen-bond donors (Lipinski definition) is 0. The van der Waals surface area contributed by atoms with E-state index >= 15 is 0 Å². The first-order valence-corrected chi connectivity index (χ1v) is 26.8. The smallest absolute Gasteiger partial charge is 0.353 e. The second-order valence-electron chi connectivity index (χ2n) is 15.1. The van der Waals surface area contributed by atoms with Crippen molar-refractivity contribution in [3.05, 3.63) is 212 Å². The summed E-state index contributed by atoms with van der Waals surface area (Å²) in [7, 11) is -10.0. The fraction of sp³-hybridized carbons (Fsp3) is 0.192. The van der Waals surface area contributed by atoms with E-state index in [0.717, 1.165) is 18.9 Å². The minimum Gasteiger partial charge on any atom is -0.422 e. The normalized spacial score (nSPS) is 12.0. The molecule has 0 bridgehead atoms. The van der Waals surface area contributed by atoms with Crippen LogP contribution in [0.3, 0.4) is 0 Å². The minimum absolute atomic E-state index is 0.842. The van der Waals surface area contributed by atoms with Gasteiger partial charge in [-0.05, 0) is 42.4 Å². The van der Waals surface area contributed by atoms with Crippen molar-refractivity contribution < 1.29 is 8.23 Å². The molecule has 0 aromatic heterocycles. The second kappa shape index (κ2) is 20.0. The third-order valence-electron chi connectivity index (χ3n) is 11.3. The van der Waals surface area contributed by atoms with Gasteiger partial charge in [0.05, 0.1) is 0 Å². The Morgan fingerprint density at radius 3 is 0.772 bits per heavy atom. The SMILES string of the molecule is CCCCCCCCCC[Si](O[Si](c1ccccc1)(c1ccccc1)c1ccccc1)(O[Si](c1ccccc1)(c1ccccc1)c1ccccc1)c1ccccc1. The average molecular weight is 797 g/mol. The summed E-state index contributed by atoms with van der Waals surface area (Å²) < 4.78 is 17.3. The van der Waals surface area contributed by atoms with Gasteiger partial charge >= 0.3 is 8.56 Å². The summed E-state index contributed by atoms with van der Waals surface area (Å²) in [6.45, 7) is 2.29. The molecular formula is C52H56O2Si3. The summed E-state index contributed by atoms with van der Waals surface area (Å²) in [6.07, 6.45) is 9.89. The van der Waals surface area contributed by atoms with E-state index in [1.54, 1.807) is 0 Å². The summed E-state index contributed by atoms with van der Waals surface area (Å²) in [5.41, 5.74) is 0. The molecule has 57 heavy (non-hydrogen) atoms. The van der Waals surface area contributed by atoms with Crippen molar-refractivity contribution in [3.8, 4) is 0 Å². The van der Waals surface area contributed by atoms with Crippen molar-refractivity contribution in [2.24, 2.45) is 0 Å². The molecule has 0 aliphatic rings. The number of unbranched alkanes of at least 4 members (excludes halogenated alkanes) is 7. The third-order valence-corrected chi connectivity index (χ3v) is 25.5. The van der Waals surface area contributed by atoms with E-state index in [1.165, 1.54) is 74.8 Å². The van der Waals surface area contributed by atoms with Crippen LogP contribution in [0.25, 0.3) is 0 Å². The lowest BCUT2D eigenvalue weighted by Crippen LogP contribution is -2.80. The molecule has 5 heteroatoms. The Bertz CT molecular complexity index is 1850. The zero-order valence-corrected chi connectivity index (χ0v) is 36.4. The highest BCUT2D eigenvalue weighted by Gasteiger charge is 2.57. The van der Waals surface area contributed by atoms with E-state index < -0.39 is 25.2 Å². The molecule has 0 N–H and O–H groups in total. The zero-order valence-electron chi connectivity index (χ0n) is 33.4. The summed E-state index contributed by atoms with van der Waals surface area (Å²) in [5.74, 6) is 0. The lowest BCUT2D eigenvalue weighted by Gasteiger charge is -2.47. The number of hydrogen-bond acceptors (Lipinski definition) is 2. The highest BCUT2D eigenvalue weighted by Crippen LogP contribution is 2.29. The van der Waals surface area contributed by atoms with Crippen LogP contribution in [-0.2, 0) is 8.23 Å². The first-order valence-electron chi connectivity index (χ1n) is 21.0. The van der Waals surface area contributed by atoms with E-state index in [4.69, 9.17) is 8.23 Å². The Hall–Kier alpha value is -4.89. The monoisotopic (exact) mass is 796 g/mol. The van der Waals surface area contributed by atoms with Crippen LogP contribution in [-0.4, -0.2) is 25.2 Å². The minimum atomic E-state index is -3.50. The molecule has 0 fully saturated rings. The quantitative estimate of drug-likeness (QED) is 0.0437. The molecule has 7 aromatic rings. The Balaban J connectivity index is 1.51. The first-order chi connectivity index (χ1) is 28.2. The maximum atomic E-state index is 8.64. The van der Waals surface area contributed by atoms with Crippen molar-refractivity contribution in [2.45, 2.75) is 64.3 Å². The summed E-state index contributed by atoms with van der Waals surface area (Å²) in [6, 6.07) is 78.3. The molecule has 0 amide bonds. The van der Waals surface area contributed by atoms with Crippen LogP contribution >= 0.6 is 0 Å². The van der Waals surface area contributed by atoms with E-state index in [2.05, 4.69) is 219 Å². The highest BCUT2D eigenvalue weighted by molar-refractivity contribution is 7.15. The maximum absolute atomic E-state index is 8.64. The van der Waals surface area contributed by atoms with Crippen LogP contribution in [0.15, 0.2) is 212 Å². The highest BCUT2D eigenvalue weighted by atomic mass is 28.5. The van der Waals surface area contributed by atoms with Gasteiger partial charge in [-0.3, -0.25) is 0 Å². The van der Waals surface area contributed by atoms with E-state index in [9.17, 15) is 0 Å². The molecule has 0 spiro atoms. The summed E-state index contributed by atoms with van der Waals surface area (Å²) in [5, 5.41) is 8.53. The maximum Gasteiger partial charge on any atom is 0.353 e. The second-order valence-corrected chi connectivity index (χ2v) is 25.5. The van der Waals surface area contributed by atoms with Crippen LogP contribution in [0.1, 0.15) is 58.3 Å². The Kier molecular flexibility index (Phi) is 14.1. The van der Waals surface area contributed by atoms with Crippen LogP contribution < -0.4 is 36.3 Å². The predicted molar refractivity (Wildman–Crippen MR) is 249 cm³/mol. The van der Waals surface area contributed by atoms with Crippen LogP contribution in [0.5, 0.6) is 0 Å². The molecule has 7 rings (SSSR count). The molecule has 0 saturated carbocycles. The molecule has 0 unspecified atom stereocenters. The van der Waals surface area contributed by atoms with Crippen molar-refractivity contribution in [2.75, 3.05) is 0 Å². The lowest BCUT2D eigenvalue weighted by molar-refractivity contribution is 0.404. The van der Waals surface area contributed by atoms with Gasteiger partial charge in [-0.25, -0.2) is 0 Å². The molecule has 288 valence electrons. The molecule has 0 aliphatic carbocycles.